The maximum absolute atomic E-state index is 12.7. The first-order valence-electron chi connectivity index (χ1n) is 10.2. The van der Waals surface area contributed by atoms with E-state index in [0.29, 0.717) is 6.42 Å². The predicted octanol–water partition coefficient (Wildman–Crippen LogP) is 1.56. The van der Waals surface area contributed by atoms with Crippen molar-refractivity contribution < 1.29 is 38.2 Å². The summed E-state index contributed by atoms with van der Waals surface area (Å²) >= 11 is 0. The summed E-state index contributed by atoms with van der Waals surface area (Å²) < 4.78 is 14.9. The van der Waals surface area contributed by atoms with Crippen molar-refractivity contribution in [1.82, 2.24) is 10.6 Å². The van der Waals surface area contributed by atoms with Gasteiger partial charge in [0.25, 0.3) is 11.8 Å². The molecule has 0 spiro atoms. The van der Waals surface area contributed by atoms with Gasteiger partial charge in [0.05, 0.1) is 30.3 Å². The van der Waals surface area contributed by atoms with Crippen LogP contribution in [0.2, 0.25) is 0 Å². The Morgan fingerprint density at radius 3 is 1.97 bits per heavy atom. The molecular weight excluding hydrogens is 432 g/mol. The zero-order chi connectivity index (χ0) is 24.8. The molecule has 33 heavy (non-hydrogen) atoms. The summed E-state index contributed by atoms with van der Waals surface area (Å²) in [6, 6.07) is 3.95. The van der Waals surface area contributed by atoms with Crippen molar-refractivity contribution >= 4 is 29.7 Å². The molecule has 1 atom stereocenters. The third-order valence-electron chi connectivity index (χ3n) is 4.23. The van der Waals surface area contributed by atoms with Gasteiger partial charge in [0.2, 0.25) is 0 Å². The standard InChI is InChI=1S/C23H28N2O8/c1-5-15(4)33-23(30)17-9-8-16(21(28)24-10-12-31-19(26)6-2)14-18(17)22(29)25-11-13-32-20(27)7-3/h6-9,14-15H,2-3,5,10-13H2,1,4H3,(H,24,28)(H,25,29). The van der Waals surface area contributed by atoms with Crippen molar-refractivity contribution in [1.29, 1.82) is 0 Å². The number of amides is 2. The van der Waals surface area contributed by atoms with E-state index in [-0.39, 0.29) is 49.1 Å². The van der Waals surface area contributed by atoms with Gasteiger partial charge in [0.15, 0.2) is 0 Å². The van der Waals surface area contributed by atoms with Gasteiger partial charge in [-0.15, -0.1) is 0 Å². The zero-order valence-corrected chi connectivity index (χ0v) is 18.7. The summed E-state index contributed by atoms with van der Waals surface area (Å²) in [6.45, 7) is 9.94. The molecule has 10 heteroatoms. The summed E-state index contributed by atoms with van der Waals surface area (Å²) in [5.41, 5.74) is 0.00445. The number of ether oxygens (including phenoxy) is 3. The van der Waals surface area contributed by atoms with Gasteiger partial charge in [-0.05, 0) is 31.5 Å². The number of rotatable bonds is 13. The van der Waals surface area contributed by atoms with Crippen LogP contribution in [0.15, 0.2) is 43.5 Å². The van der Waals surface area contributed by atoms with Crippen LogP contribution in [0.25, 0.3) is 0 Å². The van der Waals surface area contributed by atoms with E-state index in [0.717, 1.165) is 12.2 Å². The second-order valence-electron chi connectivity index (χ2n) is 6.64. The topological polar surface area (TPSA) is 137 Å². The van der Waals surface area contributed by atoms with E-state index >= 15 is 0 Å². The van der Waals surface area contributed by atoms with Crippen LogP contribution in [0.3, 0.4) is 0 Å². The van der Waals surface area contributed by atoms with Crippen molar-refractivity contribution in [2.45, 2.75) is 26.4 Å². The lowest BCUT2D eigenvalue weighted by molar-refractivity contribution is -0.138. The van der Waals surface area contributed by atoms with E-state index < -0.39 is 29.7 Å². The number of hydrogen-bond acceptors (Lipinski definition) is 8. The second-order valence-corrected chi connectivity index (χ2v) is 6.64. The molecule has 0 saturated carbocycles. The fourth-order valence-corrected chi connectivity index (χ4v) is 2.33. The van der Waals surface area contributed by atoms with Gasteiger partial charge in [-0.3, -0.25) is 9.59 Å². The highest BCUT2D eigenvalue weighted by Crippen LogP contribution is 2.16. The fraction of sp³-hybridized carbons (Fsp3) is 0.348. The first-order valence-corrected chi connectivity index (χ1v) is 10.2. The average Bonchev–Trinajstić information content (AvgIpc) is 2.82. The van der Waals surface area contributed by atoms with Crippen LogP contribution in [-0.4, -0.2) is 62.1 Å². The maximum Gasteiger partial charge on any atom is 0.339 e. The molecule has 0 radical (unpaired) electrons. The van der Waals surface area contributed by atoms with Gasteiger partial charge in [-0.1, -0.05) is 20.1 Å². The molecule has 1 rings (SSSR count). The smallest absolute Gasteiger partial charge is 0.339 e. The van der Waals surface area contributed by atoms with Crippen molar-refractivity contribution in [3.63, 3.8) is 0 Å². The third kappa shape index (κ3) is 9.38. The van der Waals surface area contributed by atoms with Crippen molar-refractivity contribution in [2.75, 3.05) is 26.3 Å². The number of esters is 3. The Morgan fingerprint density at radius 2 is 1.45 bits per heavy atom. The lowest BCUT2D eigenvalue weighted by atomic mass is 10.0. The molecule has 1 unspecified atom stereocenters. The summed E-state index contributed by atoms with van der Waals surface area (Å²) in [6.07, 6.45) is 2.21. The SMILES string of the molecule is C=CC(=O)OCCNC(=O)c1ccc(C(=O)OC(C)CC)c(C(=O)NCCOC(=O)C=C)c1. The van der Waals surface area contributed by atoms with Crippen LogP contribution in [0.4, 0.5) is 0 Å². The van der Waals surface area contributed by atoms with Crippen LogP contribution in [0.1, 0.15) is 51.3 Å². The molecule has 0 saturated heterocycles. The molecule has 0 aliphatic carbocycles. The maximum atomic E-state index is 12.7. The lowest BCUT2D eigenvalue weighted by Gasteiger charge is -2.15. The lowest BCUT2D eigenvalue weighted by Crippen LogP contribution is -2.31. The second kappa shape index (κ2) is 14.2. The van der Waals surface area contributed by atoms with Gasteiger partial charge in [-0.25, -0.2) is 14.4 Å². The van der Waals surface area contributed by atoms with Gasteiger partial charge in [0, 0.05) is 17.7 Å². The van der Waals surface area contributed by atoms with Gasteiger partial charge in [0.1, 0.15) is 13.2 Å². The Kier molecular flexibility index (Phi) is 11.6. The summed E-state index contributed by atoms with van der Waals surface area (Å²) in [5.74, 6) is -3.17. The molecule has 0 aromatic heterocycles. The van der Waals surface area contributed by atoms with Gasteiger partial charge < -0.3 is 24.8 Å². The van der Waals surface area contributed by atoms with Crippen LogP contribution in [-0.2, 0) is 23.8 Å². The molecule has 0 aliphatic rings. The van der Waals surface area contributed by atoms with E-state index in [4.69, 9.17) is 14.2 Å². The summed E-state index contributed by atoms with van der Waals surface area (Å²) in [4.78, 5) is 59.8. The minimum absolute atomic E-state index is 0.0210. The average molecular weight is 460 g/mol. The largest absolute Gasteiger partial charge is 0.461 e. The first kappa shape index (κ1) is 27.1. The zero-order valence-electron chi connectivity index (χ0n) is 18.7. The number of nitrogens with one attached hydrogen (secondary N) is 2. The van der Waals surface area contributed by atoms with E-state index in [9.17, 15) is 24.0 Å². The van der Waals surface area contributed by atoms with Gasteiger partial charge in [-0.2, -0.15) is 0 Å². The monoisotopic (exact) mass is 460 g/mol. The molecule has 0 heterocycles. The Hall–Kier alpha value is -3.95. The normalized spacial score (nSPS) is 10.8. The molecule has 0 fully saturated rings. The Bertz CT molecular complexity index is 910. The van der Waals surface area contributed by atoms with Crippen molar-refractivity contribution in [3.05, 3.63) is 60.2 Å². The Labute approximate surface area is 192 Å². The molecular formula is C23H28N2O8. The molecule has 1 aromatic carbocycles. The predicted molar refractivity (Wildman–Crippen MR) is 119 cm³/mol. The fourth-order valence-electron chi connectivity index (χ4n) is 2.33. The minimum atomic E-state index is -0.712. The van der Waals surface area contributed by atoms with E-state index in [1.54, 1.807) is 6.92 Å². The van der Waals surface area contributed by atoms with E-state index in [1.807, 2.05) is 6.92 Å². The van der Waals surface area contributed by atoms with Crippen molar-refractivity contribution in [2.24, 2.45) is 0 Å². The molecule has 2 amide bonds. The van der Waals surface area contributed by atoms with Crippen LogP contribution < -0.4 is 10.6 Å². The number of carbonyl (C=O) groups is 5. The third-order valence-corrected chi connectivity index (χ3v) is 4.23. The number of benzene rings is 1. The number of hydrogen-bond donors (Lipinski definition) is 2. The highest BCUT2D eigenvalue weighted by Gasteiger charge is 2.22. The molecule has 0 bridgehead atoms. The van der Waals surface area contributed by atoms with E-state index in [1.165, 1.54) is 18.2 Å². The Balaban J connectivity index is 2.97. The van der Waals surface area contributed by atoms with Crippen LogP contribution in [0, 0.1) is 0 Å². The molecule has 10 nitrogen and oxygen atoms in total. The summed E-state index contributed by atoms with van der Waals surface area (Å²) in [5, 5.41) is 5.06. The molecule has 1 aromatic rings. The minimum Gasteiger partial charge on any atom is -0.461 e. The first-order chi connectivity index (χ1) is 15.7. The molecule has 2 N–H and O–H groups in total. The van der Waals surface area contributed by atoms with Crippen LogP contribution >= 0.6 is 0 Å². The Morgan fingerprint density at radius 1 is 0.909 bits per heavy atom. The summed E-state index contributed by atoms with van der Waals surface area (Å²) in [7, 11) is 0. The highest BCUT2D eigenvalue weighted by atomic mass is 16.5. The number of carbonyl (C=O) groups excluding carboxylic acids is 5. The molecule has 178 valence electrons. The van der Waals surface area contributed by atoms with Gasteiger partial charge >= 0.3 is 17.9 Å². The van der Waals surface area contributed by atoms with Crippen molar-refractivity contribution in [3.8, 4) is 0 Å². The van der Waals surface area contributed by atoms with E-state index in [2.05, 4.69) is 23.8 Å². The van der Waals surface area contributed by atoms with Crippen LogP contribution in [0.5, 0.6) is 0 Å². The highest BCUT2D eigenvalue weighted by molar-refractivity contribution is 6.07. The quantitative estimate of drug-likeness (QED) is 0.196. The molecule has 0 aliphatic heterocycles.